The summed E-state index contributed by atoms with van der Waals surface area (Å²) < 4.78 is 5.90. The number of carbonyl (C=O) groups excluding carboxylic acids is 1. The van der Waals surface area contributed by atoms with Crippen molar-refractivity contribution in [3.05, 3.63) is 36.3 Å². The number of amides is 1. The highest BCUT2D eigenvalue weighted by Gasteiger charge is 2.35. The average molecular weight is 397 g/mol. The van der Waals surface area contributed by atoms with Gasteiger partial charge in [-0.05, 0) is 25.0 Å². The van der Waals surface area contributed by atoms with Crippen molar-refractivity contribution in [3.8, 4) is 11.3 Å². The fraction of sp³-hybridized carbons (Fsp3) is 0.524. The van der Waals surface area contributed by atoms with Crippen LogP contribution in [0.5, 0.6) is 0 Å². The number of aromatic nitrogens is 3. The molecule has 4 rings (SSSR count). The Kier molecular flexibility index (Phi) is 5.73. The lowest BCUT2D eigenvalue weighted by atomic mass is 9.82. The van der Waals surface area contributed by atoms with Crippen molar-refractivity contribution in [3.63, 3.8) is 0 Å². The van der Waals surface area contributed by atoms with Crippen LogP contribution < -0.4 is 5.73 Å². The van der Waals surface area contributed by atoms with Gasteiger partial charge in [0.2, 0.25) is 11.9 Å². The van der Waals surface area contributed by atoms with Crippen LogP contribution in [0.2, 0.25) is 0 Å². The molecule has 1 aliphatic carbocycles. The largest absolute Gasteiger partial charge is 0.389 e. The van der Waals surface area contributed by atoms with Crippen molar-refractivity contribution in [2.45, 2.75) is 50.2 Å². The second-order valence-corrected chi connectivity index (χ2v) is 7.94. The first-order valence-electron chi connectivity index (χ1n) is 10.2. The lowest BCUT2D eigenvalue weighted by Gasteiger charge is -2.37. The first-order valence-corrected chi connectivity index (χ1v) is 10.2. The first kappa shape index (κ1) is 19.7. The van der Waals surface area contributed by atoms with E-state index in [2.05, 4.69) is 15.0 Å². The topological polar surface area (TPSA) is 114 Å². The van der Waals surface area contributed by atoms with Gasteiger partial charge in [0.1, 0.15) is 6.10 Å². The Morgan fingerprint density at radius 1 is 1.24 bits per heavy atom. The summed E-state index contributed by atoms with van der Waals surface area (Å²) in [6.45, 7) is 1.42. The summed E-state index contributed by atoms with van der Waals surface area (Å²) in [5.74, 6) is 0.208. The number of morpholine rings is 1. The molecule has 29 heavy (non-hydrogen) atoms. The second-order valence-electron chi connectivity index (χ2n) is 7.94. The van der Waals surface area contributed by atoms with Gasteiger partial charge in [-0.25, -0.2) is 15.0 Å². The maximum absolute atomic E-state index is 12.8. The zero-order chi connectivity index (χ0) is 20.3. The number of nitrogen functional groups attached to an aromatic ring is 1. The monoisotopic (exact) mass is 397 g/mol. The van der Waals surface area contributed by atoms with Gasteiger partial charge < -0.3 is 20.5 Å². The predicted molar refractivity (Wildman–Crippen MR) is 108 cm³/mol. The molecule has 2 fully saturated rings. The van der Waals surface area contributed by atoms with Crippen molar-refractivity contribution in [1.82, 2.24) is 19.9 Å². The van der Waals surface area contributed by atoms with Crippen LogP contribution in [0.15, 0.2) is 30.6 Å². The number of ether oxygens (including phenoxy) is 1. The van der Waals surface area contributed by atoms with Gasteiger partial charge in [-0.3, -0.25) is 4.79 Å². The van der Waals surface area contributed by atoms with Crippen LogP contribution in [0.3, 0.4) is 0 Å². The molecule has 0 bridgehead atoms. The third-order valence-corrected chi connectivity index (χ3v) is 5.75. The molecule has 0 spiro atoms. The Hall–Kier alpha value is -2.58. The van der Waals surface area contributed by atoms with E-state index in [-0.39, 0.29) is 24.4 Å². The molecule has 1 saturated carbocycles. The molecule has 1 saturated heterocycles. The molecule has 1 amide bonds. The SMILES string of the molecule is Nc1ncc(-c2cccc([C@H]3CN(C(=O)CC4(O)CCCCC4)CCO3)n2)cn1. The van der Waals surface area contributed by atoms with Crippen molar-refractivity contribution in [2.75, 3.05) is 25.4 Å². The minimum atomic E-state index is -0.851. The van der Waals surface area contributed by atoms with Crippen LogP contribution >= 0.6 is 0 Å². The van der Waals surface area contributed by atoms with E-state index in [1.54, 1.807) is 17.3 Å². The first-order chi connectivity index (χ1) is 14.0. The average Bonchev–Trinajstić information content (AvgIpc) is 2.75. The number of anilines is 1. The number of carbonyl (C=O) groups is 1. The number of pyridine rings is 1. The number of nitrogens with zero attached hydrogens (tertiary/aromatic N) is 4. The third-order valence-electron chi connectivity index (χ3n) is 5.75. The van der Waals surface area contributed by atoms with Gasteiger partial charge in [-0.1, -0.05) is 25.3 Å². The molecule has 1 atom stereocenters. The number of hydrogen-bond donors (Lipinski definition) is 2. The minimum Gasteiger partial charge on any atom is -0.389 e. The van der Waals surface area contributed by atoms with Gasteiger partial charge in [0.15, 0.2) is 0 Å². The fourth-order valence-electron chi connectivity index (χ4n) is 4.10. The van der Waals surface area contributed by atoms with E-state index >= 15 is 0 Å². The molecule has 2 aliphatic rings. The van der Waals surface area contributed by atoms with Gasteiger partial charge >= 0.3 is 0 Å². The van der Waals surface area contributed by atoms with Crippen LogP contribution in [0.25, 0.3) is 11.3 Å². The summed E-state index contributed by atoms with van der Waals surface area (Å²) in [6, 6.07) is 5.68. The molecule has 2 aromatic heterocycles. The number of hydrogen-bond acceptors (Lipinski definition) is 7. The van der Waals surface area contributed by atoms with Gasteiger partial charge in [0.25, 0.3) is 0 Å². The van der Waals surface area contributed by atoms with Crippen molar-refractivity contribution in [2.24, 2.45) is 0 Å². The number of nitrogens with two attached hydrogens (primary N) is 1. The highest BCUT2D eigenvalue weighted by molar-refractivity contribution is 5.77. The zero-order valence-corrected chi connectivity index (χ0v) is 16.5. The lowest BCUT2D eigenvalue weighted by Crippen LogP contribution is -2.46. The summed E-state index contributed by atoms with van der Waals surface area (Å²) in [5, 5.41) is 10.7. The molecule has 154 valence electrons. The fourth-order valence-corrected chi connectivity index (χ4v) is 4.10. The molecular weight excluding hydrogens is 370 g/mol. The molecule has 0 radical (unpaired) electrons. The van der Waals surface area contributed by atoms with Crippen molar-refractivity contribution < 1.29 is 14.6 Å². The van der Waals surface area contributed by atoms with Crippen LogP contribution in [0, 0.1) is 0 Å². The zero-order valence-electron chi connectivity index (χ0n) is 16.5. The Morgan fingerprint density at radius 3 is 2.76 bits per heavy atom. The van der Waals surface area contributed by atoms with E-state index in [4.69, 9.17) is 10.5 Å². The summed E-state index contributed by atoms with van der Waals surface area (Å²) in [5.41, 5.74) is 6.96. The van der Waals surface area contributed by atoms with E-state index in [1.165, 1.54) is 0 Å². The molecule has 2 aromatic rings. The van der Waals surface area contributed by atoms with Gasteiger partial charge in [0.05, 0.1) is 36.6 Å². The van der Waals surface area contributed by atoms with Gasteiger partial charge in [-0.15, -0.1) is 0 Å². The summed E-state index contributed by atoms with van der Waals surface area (Å²) >= 11 is 0. The van der Waals surface area contributed by atoms with Crippen molar-refractivity contribution >= 4 is 11.9 Å². The highest BCUT2D eigenvalue weighted by Crippen LogP contribution is 2.32. The standard InChI is InChI=1S/C21H27N5O3/c22-20-23-12-15(13-24-20)16-5-4-6-17(25-16)18-14-26(9-10-29-18)19(27)11-21(28)7-2-1-3-8-21/h4-6,12-13,18,28H,1-3,7-11,14H2,(H2,22,23,24)/t18-/m1/s1. The smallest absolute Gasteiger partial charge is 0.225 e. The Labute approximate surface area is 170 Å². The quantitative estimate of drug-likeness (QED) is 0.812. The van der Waals surface area contributed by atoms with Crippen molar-refractivity contribution in [1.29, 1.82) is 0 Å². The lowest BCUT2D eigenvalue weighted by molar-refractivity contribution is -0.145. The Balaban J connectivity index is 1.45. The van der Waals surface area contributed by atoms with Crippen LogP contribution in [0.1, 0.15) is 50.3 Å². The molecule has 0 aromatic carbocycles. The maximum atomic E-state index is 12.8. The van der Waals surface area contributed by atoms with E-state index in [0.717, 1.165) is 36.2 Å². The third kappa shape index (κ3) is 4.71. The van der Waals surface area contributed by atoms with Crippen LogP contribution in [0.4, 0.5) is 5.95 Å². The van der Waals surface area contributed by atoms with E-state index in [1.807, 2.05) is 18.2 Å². The molecule has 3 N–H and O–H groups in total. The Bertz CT molecular complexity index is 852. The van der Waals surface area contributed by atoms with E-state index in [9.17, 15) is 9.90 Å². The van der Waals surface area contributed by atoms with Crippen LogP contribution in [-0.4, -0.2) is 56.2 Å². The van der Waals surface area contributed by atoms with E-state index in [0.29, 0.717) is 32.5 Å². The maximum Gasteiger partial charge on any atom is 0.225 e. The highest BCUT2D eigenvalue weighted by atomic mass is 16.5. The molecule has 8 nitrogen and oxygen atoms in total. The molecule has 1 aliphatic heterocycles. The number of aliphatic hydroxyl groups is 1. The molecular formula is C21H27N5O3. The summed E-state index contributed by atoms with van der Waals surface area (Å²) in [7, 11) is 0. The molecule has 0 unspecified atom stereocenters. The Morgan fingerprint density at radius 2 is 2.00 bits per heavy atom. The van der Waals surface area contributed by atoms with E-state index < -0.39 is 5.60 Å². The second kappa shape index (κ2) is 8.42. The molecule has 8 heteroatoms. The predicted octanol–water partition coefficient (Wildman–Crippen LogP) is 2.11. The molecule has 3 heterocycles. The normalized spacial score (nSPS) is 21.7. The van der Waals surface area contributed by atoms with Gasteiger partial charge in [0, 0.05) is 24.5 Å². The minimum absolute atomic E-state index is 0.00853. The van der Waals surface area contributed by atoms with Crippen LogP contribution in [-0.2, 0) is 9.53 Å². The number of rotatable bonds is 4. The van der Waals surface area contributed by atoms with Gasteiger partial charge in [-0.2, -0.15) is 0 Å². The summed E-state index contributed by atoms with van der Waals surface area (Å²) in [6.07, 6.45) is 7.69. The summed E-state index contributed by atoms with van der Waals surface area (Å²) in [4.78, 5) is 27.3.